The first kappa shape index (κ1) is 21.2. The van der Waals surface area contributed by atoms with Crippen LogP contribution in [0.5, 0.6) is 0 Å². The number of nitrogens with zero attached hydrogens (tertiary/aromatic N) is 3. The number of thiazole rings is 1. The molecule has 1 saturated carbocycles. The molecule has 2 bridgehead atoms. The van der Waals surface area contributed by atoms with Crippen molar-refractivity contribution >= 4 is 53.1 Å². The van der Waals surface area contributed by atoms with E-state index in [-0.39, 0.29) is 59.5 Å². The molecule has 1 aromatic rings. The van der Waals surface area contributed by atoms with Crippen LogP contribution in [0.25, 0.3) is 0 Å². The molecule has 28 heavy (non-hydrogen) atoms. The van der Waals surface area contributed by atoms with E-state index >= 15 is 0 Å². The molecule has 152 valence electrons. The van der Waals surface area contributed by atoms with Crippen molar-refractivity contribution in [3.63, 3.8) is 0 Å². The van der Waals surface area contributed by atoms with E-state index in [1.165, 1.54) is 9.78 Å². The first-order chi connectivity index (χ1) is 13.0. The summed E-state index contributed by atoms with van der Waals surface area (Å²) >= 11 is 1.67. The number of hydrogen-bond donors (Lipinski definition) is 2. The van der Waals surface area contributed by atoms with Gasteiger partial charge in [-0.3, -0.25) is 19.5 Å². The van der Waals surface area contributed by atoms with Gasteiger partial charge in [-0.25, -0.2) is 4.98 Å². The summed E-state index contributed by atoms with van der Waals surface area (Å²) < 4.78 is 0. The molecule has 2 N–H and O–H groups in total. The molecule has 0 radical (unpaired) electrons. The smallest absolute Gasteiger partial charge is 0.233 e. The average molecular weight is 515 g/mol. The Morgan fingerprint density at radius 1 is 1.21 bits per heavy atom. The van der Waals surface area contributed by atoms with Gasteiger partial charge < -0.3 is 10.6 Å². The van der Waals surface area contributed by atoms with Gasteiger partial charge in [-0.15, -0.1) is 35.3 Å². The van der Waals surface area contributed by atoms with Gasteiger partial charge in [0.25, 0.3) is 0 Å². The lowest BCUT2D eigenvalue weighted by molar-refractivity contribution is -0.140. The zero-order chi connectivity index (χ0) is 19.1. The van der Waals surface area contributed by atoms with Crippen LogP contribution < -0.4 is 10.6 Å². The quantitative estimate of drug-likeness (QED) is 0.206. The van der Waals surface area contributed by atoms with E-state index in [0.29, 0.717) is 25.6 Å². The summed E-state index contributed by atoms with van der Waals surface area (Å²) in [7, 11) is 1.70. The normalized spacial score (nSPS) is 28.0. The van der Waals surface area contributed by atoms with Crippen LogP contribution in [0.4, 0.5) is 0 Å². The number of hydrogen-bond acceptors (Lipinski definition) is 5. The van der Waals surface area contributed by atoms with Crippen LogP contribution >= 0.6 is 35.3 Å². The van der Waals surface area contributed by atoms with E-state index < -0.39 is 0 Å². The van der Waals surface area contributed by atoms with E-state index in [1.54, 1.807) is 18.4 Å². The third-order valence-corrected chi connectivity index (χ3v) is 6.97. The monoisotopic (exact) mass is 515 g/mol. The molecule has 1 aromatic heterocycles. The van der Waals surface area contributed by atoms with E-state index in [0.717, 1.165) is 17.1 Å². The van der Waals surface area contributed by atoms with Crippen molar-refractivity contribution in [2.45, 2.75) is 26.8 Å². The van der Waals surface area contributed by atoms with Crippen LogP contribution in [-0.4, -0.2) is 47.8 Å². The van der Waals surface area contributed by atoms with Gasteiger partial charge in [0.2, 0.25) is 11.8 Å². The molecule has 3 aliphatic rings. The number of carbonyl (C=O) groups is 2. The number of halogens is 1. The maximum absolute atomic E-state index is 12.7. The lowest BCUT2D eigenvalue weighted by atomic mass is 9.85. The number of aryl methyl sites for hydroxylation is 2. The van der Waals surface area contributed by atoms with Crippen molar-refractivity contribution in [2.75, 3.05) is 20.1 Å². The third kappa shape index (κ3) is 3.70. The van der Waals surface area contributed by atoms with Crippen molar-refractivity contribution in [1.82, 2.24) is 20.5 Å². The summed E-state index contributed by atoms with van der Waals surface area (Å²) in [6.07, 6.45) is 5.20. The van der Waals surface area contributed by atoms with Crippen molar-refractivity contribution < 1.29 is 9.59 Å². The number of aliphatic imine (C=N–C) groups is 1. The van der Waals surface area contributed by atoms with Gasteiger partial charge in [-0.05, 0) is 32.1 Å². The molecule has 9 heteroatoms. The van der Waals surface area contributed by atoms with Gasteiger partial charge >= 0.3 is 0 Å². The van der Waals surface area contributed by atoms with Crippen molar-refractivity contribution in [2.24, 2.45) is 28.7 Å². The summed E-state index contributed by atoms with van der Waals surface area (Å²) in [5, 5.41) is 7.42. The Balaban J connectivity index is 0.00000225. The summed E-state index contributed by atoms with van der Waals surface area (Å²) in [6, 6.07) is 0. The minimum atomic E-state index is -0.124. The molecular weight excluding hydrogens is 489 g/mol. The summed E-state index contributed by atoms with van der Waals surface area (Å²) in [5.74, 6) is 0.910. The number of rotatable bonds is 5. The van der Waals surface area contributed by atoms with E-state index in [4.69, 9.17) is 0 Å². The van der Waals surface area contributed by atoms with Crippen LogP contribution in [0, 0.1) is 37.5 Å². The molecule has 2 amide bonds. The standard InChI is InChI=1S/C19H25N5O2S.HI/c1-10-11(2)27-14(23-10)9-22-19(20-3)21-6-7-24-17(25)15-12-4-5-13(8-12)16(15)18(24)26;/h4-5,12-13,15-16H,6-9H2,1-3H3,(H2,20,21,22);1H. The number of aromatic nitrogens is 1. The molecule has 1 saturated heterocycles. The first-order valence-electron chi connectivity index (χ1n) is 9.40. The minimum absolute atomic E-state index is 0. The highest BCUT2D eigenvalue weighted by molar-refractivity contribution is 14.0. The highest BCUT2D eigenvalue weighted by Crippen LogP contribution is 2.52. The lowest BCUT2D eigenvalue weighted by Gasteiger charge is -2.18. The van der Waals surface area contributed by atoms with Gasteiger partial charge in [-0.1, -0.05) is 12.2 Å². The maximum atomic E-state index is 12.7. The second-order valence-corrected chi connectivity index (χ2v) is 8.72. The Bertz CT molecular complexity index is 787. The number of imide groups is 1. The zero-order valence-electron chi connectivity index (χ0n) is 16.3. The fourth-order valence-corrected chi connectivity index (χ4v) is 5.34. The van der Waals surface area contributed by atoms with Gasteiger partial charge in [0, 0.05) is 25.0 Å². The summed E-state index contributed by atoms with van der Waals surface area (Å²) in [6.45, 7) is 5.52. The molecule has 4 rings (SSSR count). The first-order valence-corrected chi connectivity index (χ1v) is 10.2. The number of guanidine groups is 1. The van der Waals surface area contributed by atoms with E-state index in [9.17, 15) is 9.59 Å². The summed E-state index contributed by atoms with van der Waals surface area (Å²) in [4.78, 5) is 36.7. The van der Waals surface area contributed by atoms with Crippen LogP contribution in [-0.2, 0) is 16.1 Å². The summed E-state index contributed by atoms with van der Waals surface area (Å²) in [5.41, 5.74) is 1.06. The number of carbonyl (C=O) groups excluding carboxylic acids is 2. The van der Waals surface area contributed by atoms with E-state index in [2.05, 4.69) is 39.7 Å². The average Bonchev–Trinajstić information content (AvgIpc) is 3.39. The van der Waals surface area contributed by atoms with Gasteiger partial charge in [0.05, 0.1) is 24.1 Å². The largest absolute Gasteiger partial charge is 0.355 e. The Kier molecular flexibility index (Phi) is 6.43. The second-order valence-electron chi connectivity index (χ2n) is 7.43. The van der Waals surface area contributed by atoms with Crippen molar-refractivity contribution in [3.05, 3.63) is 27.7 Å². The molecule has 7 nitrogen and oxygen atoms in total. The predicted molar refractivity (Wildman–Crippen MR) is 120 cm³/mol. The molecule has 2 aliphatic carbocycles. The molecule has 0 aromatic carbocycles. The maximum Gasteiger partial charge on any atom is 0.233 e. The van der Waals surface area contributed by atoms with Gasteiger partial charge in [0.1, 0.15) is 5.01 Å². The number of amides is 2. The van der Waals surface area contributed by atoms with Crippen LogP contribution in [0.3, 0.4) is 0 Å². The third-order valence-electron chi connectivity index (χ3n) is 5.89. The predicted octanol–water partition coefficient (Wildman–Crippen LogP) is 1.85. The molecule has 2 heterocycles. The van der Waals surface area contributed by atoms with Crippen molar-refractivity contribution in [1.29, 1.82) is 0 Å². The fraction of sp³-hybridized carbons (Fsp3) is 0.579. The Morgan fingerprint density at radius 2 is 1.86 bits per heavy atom. The van der Waals surface area contributed by atoms with Crippen molar-refractivity contribution in [3.8, 4) is 0 Å². The molecule has 1 aliphatic heterocycles. The van der Waals surface area contributed by atoms with Crippen LogP contribution in [0.15, 0.2) is 17.1 Å². The van der Waals surface area contributed by atoms with Gasteiger partial charge in [0.15, 0.2) is 5.96 Å². The zero-order valence-corrected chi connectivity index (χ0v) is 19.4. The Labute approximate surface area is 186 Å². The van der Waals surface area contributed by atoms with E-state index in [1.807, 2.05) is 6.92 Å². The number of allylic oxidation sites excluding steroid dienone is 2. The molecule has 4 atom stereocenters. The minimum Gasteiger partial charge on any atom is -0.355 e. The molecule has 0 spiro atoms. The fourth-order valence-electron chi connectivity index (χ4n) is 4.47. The highest BCUT2D eigenvalue weighted by Gasteiger charge is 2.58. The Hall–Kier alpha value is -1.49. The number of likely N-dealkylation sites (tertiary alicyclic amines) is 1. The highest BCUT2D eigenvalue weighted by atomic mass is 127. The lowest BCUT2D eigenvalue weighted by Crippen LogP contribution is -2.43. The number of fused-ring (bicyclic) bond motifs is 5. The van der Waals surface area contributed by atoms with Crippen LogP contribution in [0.2, 0.25) is 0 Å². The SMILES string of the molecule is CN=C(NCCN1C(=O)C2C3C=CC(C3)C2C1=O)NCc1nc(C)c(C)s1.I. The van der Waals surface area contributed by atoms with Crippen LogP contribution in [0.1, 0.15) is 22.0 Å². The topological polar surface area (TPSA) is 86.7 Å². The molecular formula is C19H26IN5O2S. The Morgan fingerprint density at radius 3 is 2.39 bits per heavy atom. The molecule has 4 unspecified atom stereocenters. The number of nitrogens with one attached hydrogen (secondary N) is 2. The molecule has 2 fully saturated rings. The second kappa shape index (κ2) is 8.48. The van der Waals surface area contributed by atoms with Gasteiger partial charge in [-0.2, -0.15) is 0 Å².